The molecule has 0 aliphatic rings. The third-order valence-corrected chi connectivity index (χ3v) is 4.10. The van der Waals surface area contributed by atoms with Crippen molar-refractivity contribution in [2.75, 3.05) is 0 Å². The average Bonchev–Trinajstić information content (AvgIpc) is 2.68. The minimum Gasteiger partial charge on any atom is -0.502 e. The number of non-ortho nitro benzene ring substituents is 1. The van der Waals surface area contributed by atoms with Gasteiger partial charge in [-0.2, -0.15) is 0 Å². The molecule has 140 valence electrons. The zero-order valence-corrected chi connectivity index (χ0v) is 14.8. The summed E-state index contributed by atoms with van der Waals surface area (Å²) < 4.78 is 0. The molecular formula is C20H15N3O5. The lowest BCUT2D eigenvalue weighted by molar-refractivity contribution is -0.394. The third kappa shape index (κ3) is 3.85. The molecule has 0 saturated heterocycles. The number of aromatic nitrogens is 1. The quantitative estimate of drug-likeness (QED) is 0.301. The first-order valence-electron chi connectivity index (χ1n) is 8.24. The van der Waals surface area contributed by atoms with E-state index in [1.165, 1.54) is 17.7 Å². The van der Waals surface area contributed by atoms with E-state index in [1.54, 1.807) is 0 Å². The zero-order valence-electron chi connectivity index (χ0n) is 14.8. The predicted molar refractivity (Wildman–Crippen MR) is 105 cm³/mol. The van der Waals surface area contributed by atoms with E-state index in [2.05, 4.69) is 23.2 Å². The molecule has 0 spiro atoms. The molecule has 1 aromatic heterocycles. The molecular weight excluding hydrogens is 362 g/mol. The molecule has 0 unspecified atom stereocenters. The highest BCUT2D eigenvalue weighted by atomic mass is 16.6. The first kappa shape index (κ1) is 18.7. The Morgan fingerprint density at radius 1 is 0.821 bits per heavy atom. The van der Waals surface area contributed by atoms with Crippen LogP contribution in [0.2, 0.25) is 0 Å². The standard InChI is InChI=1S/C13H9N.C7H6N2O5/c1-3-7-12-10(5-1)9-11-6-2-4-8-13(11)14-12;1-4-2-5(8(11)12)3-6(7(4)10)9(13)14/h1-9H;2-3,10H,1H3. The molecule has 0 fully saturated rings. The van der Waals surface area contributed by atoms with Crippen molar-refractivity contribution in [1.82, 2.24) is 4.98 Å². The first-order chi connectivity index (χ1) is 13.4. The molecule has 28 heavy (non-hydrogen) atoms. The van der Waals surface area contributed by atoms with Crippen molar-refractivity contribution in [2.24, 2.45) is 0 Å². The van der Waals surface area contributed by atoms with E-state index < -0.39 is 27.0 Å². The highest BCUT2D eigenvalue weighted by molar-refractivity contribution is 5.92. The Hall–Kier alpha value is -4.07. The Kier molecular flexibility index (Phi) is 5.12. The van der Waals surface area contributed by atoms with Crippen LogP contribution in [0.4, 0.5) is 11.4 Å². The van der Waals surface area contributed by atoms with Crippen LogP contribution in [-0.2, 0) is 0 Å². The maximum Gasteiger partial charge on any atom is 0.317 e. The Labute approximate surface area is 159 Å². The maximum absolute atomic E-state index is 10.4. The second-order valence-electron chi connectivity index (χ2n) is 6.02. The normalized spacial score (nSPS) is 10.3. The third-order valence-electron chi connectivity index (χ3n) is 4.10. The molecule has 0 bridgehead atoms. The van der Waals surface area contributed by atoms with Crippen molar-refractivity contribution in [1.29, 1.82) is 0 Å². The molecule has 0 amide bonds. The van der Waals surface area contributed by atoms with E-state index in [1.807, 2.05) is 36.4 Å². The number of aryl methyl sites for hydroxylation is 1. The van der Waals surface area contributed by atoms with Gasteiger partial charge in [0.2, 0.25) is 0 Å². The van der Waals surface area contributed by atoms with Crippen molar-refractivity contribution in [3.8, 4) is 5.75 Å². The van der Waals surface area contributed by atoms with Gasteiger partial charge in [-0.25, -0.2) is 4.98 Å². The summed E-state index contributed by atoms with van der Waals surface area (Å²) in [7, 11) is 0. The fourth-order valence-electron chi connectivity index (χ4n) is 2.71. The van der Waals surface area contributed by atoms with Gasteiger partial charge in [0.25, 0.3) is 5.69 Å². The number of aromatic hydroxyl groups is 1. The van der Waals surface area contributed by atoms with Crippen LogP contribution in [0, 0.1) is 27.2 Å². The van der Waals surface area contributed by atoms with Gasteiger partial charge in [0, 0.05) is 22.4 Å². The Bertz CT molecular complexity index is 1100. The topological polar surface area (TPSA) is 119 Å². The smallest absolute Gasteiger partial charge is 0.317 e. The molecule has 0 radical (unpaired) electrons. The molecule has 1 heterocycles. The van der Waals surface area contributed by atoms with Gasteiger partial charge in [-0.1, -0.05) is 36.4 Å². The van der Waals surface area contributed by atoms with E-state index in [-0.39, 0.29) is 5.56 Å². The molecule has 0 aliphatic carbocycles. The van der Waals surface area contributed by atoms with Crippen LogP contribution in [0.3, 0.4) is 0 Å². The fraction of sp³-hybridized carbons (Fsp3) is 0.0500. The van der Waals surface area contributed by atoms with Crippen LogP contribution in [0.1, 0.15) is 5.56 Å². The number of nitro groups is 2. The lowest BCUT2D eigenvalue weighted by Crippen LogP contribution is -1.94. The minimum absolute atomic E-state index is 0.103. The summed E-state index contributed by atoms with van der Waals surface area (Å²) in [6, 6.07) is 20.4. The minimum atomic E-state index is -0.866. The number of phenolic OH excluding ortho intramolecular Hbond substituents is 1. The second-order valence-corrected chi connectivity index (χ2v) is 6.02. The van der Waals surface area contributed by atoms with Gasteiger partial charge in [0.1, 0.15) is 0 Å². The summed E-state index contributed by atoms with van der Waals surface area (Å²) in [6.07, 6.45) is 0. The summed E-state index contributed by atoms with van der Waals surface area (Å²) >= 11 is 0. The monoisotopic (exact) mass is 377 g/mol. The Morgan fingerprint density at radius 2 is 1.36 bits per heavy atom. The van der Waals surface area contributed by atoms with Crippen LogP contribution < -0.4 is 0 Å². The number of phenols is 1. The van der Waals surface area contributed by atoms with Gasteiger partial charge in [0.15, 0.2) is 5.75 Å². The number of nitrogens with zero attached hydrogens (tertiary/aromatic N) is 3. The van der Waals surface area contributed by atoms with Gasteiger partial charge in [-0.05, 0) is 25.1 Å². The number of rotatable bonds is 2. The van der Waals surface area contributed by atoms with Gasteiger partial charge in [-0.15, -0.1) is 0 Å². The summed E-state index contributed by atoms with van der Waals surface area (Å²) in [5.74, 6) is -0.541. The van der Waals surface area contributed by atoms with E-state index in [0.29, 0.717) is 0 Å². The predicted octanol–water partition coefficient (Wildman–Crippen LogP) is 4.91. The summed E-state index contributed by atoms with van der Waals surface area (Å²) in [4.78, 5) is 23.7. The number of nitro benzene ring substituents is 2. The van der Waals surface area contributed by atoms with Gasteiger partial charge in [-0.3, -0.25) is 20.2 Å². The summed E-state index contributed by atoms with van der Waals surface area (Å²) in [6.45, 7) is 1.36. The number of hydrogen-bond donors (Lipinski definition) is 1. The van der Waals surface area contributed by atoms with Crippen molar-refractivity contribution >= 4 is 33.2 Å². The number of pyridine rings is 1. The zero-order chi connectivity index (χ0) is 20.3. The highest BCUT2D eigenvalue weighted by Gasteiger charge is 2.21. The Balaban J connectivity index is 0.000000161. The van der Waals surface area contributed by atoms with Crippen LogP contribution in [0.15, 0.2) is 66.7 Å². The number of hydrogen-bond acceptors (Lipinski definition) is 6. The van der Waals surface area contributed by atoms with Crippen LogP contribution >= 0.6 is 0 Å². The average molecular weight is 377 g/mol. The van der Waals surface area contributed by atoms with Gasteiger partial charge < -0.3 is 5.11 Å². The fourth-order valence-corrected chi connectivity index (χ4v) is 2.71. The maximum atomic E-state index is 10.4. The van der Waals surface area contributed by atoms with E-state index in [0.717, 1.165) is 23.2 Å². The first-order valence-corrected chi connectivity index (χ1v) is 8.24. The van der Waals surface area contributed by atoms with Crippen molar-refractivity contribution < 1.29 is 15.0 Å². The number of fused-ring (bicyclic) bond motifs is 2. The lowest BCUT2D eigenvalue weighted by atomic mass is 10.1. The molecule has 1 N–H and O–H groups in total. The second kappa shape index (κ2) is 7.67. The van der Waals surface area contributed by atoms with Gasteiger partial charge >= 0.3 is 5.69 Å². The SMILES string of the molecule is Cc1cc([N+](=O)[O-])cc([N+](=O)[O-])c1O.c1ccc2nc3ccccc3cc2c1. The van der Waals surface area contributed by atoms with Crippen LogP contribution in [0.5, 0.6) is 5.75 Å². The molecule has 8 heteroatoms. The molecule has 0 saturated carbocycles. The van der Waals surface area contributed by atoms with Crippen LogP contribution in [0.25, 0.3) is 21.8 Å². The Morgan fingerprint density at radius 3 is 1.86 bits per heavy atom. The van der Waals surface area contributed by atoms with E-state index in [9.17, 15) is 25.3 Å². The largest absolute Gasteiger partial charge is 0.502 e. The summed E-state index contributed by atoms with van der Waals surface area (Å²) in [5.41, 5.74) is 1.16. The van der Waals surface area contributed by atoms with Crippen LogP contribution in [-0.4, -0.2) is 19.9 Å². The van der Waals surface area contributed by atoms with Gasteiger partial charge in [0.05, 0.1) is 26.9 Å². The number of para-hydroxylation sites is 2. The number of benzene rings is 3. The van der Waals surface area contributed by atoms with E-state index >= 15 is 0 Å². The molecule has 8 nitrogen and oxygen atoms in total. The van der Waals surface area contributed by atoms with Crippen molar-refractivity contribution in [3.05, 3.63) is 92.5 Å². The molecule has 0 aliphatic heterocycles. The van der Waals surface area contributed by atoms with Crippen molar-refractivity contribution in [2.45, 2.75) is 6.92 Å². The van der Waals surface area contributed by atoms with E-state index in [4.69, 9.17) is 0 Å². The molecule has 4 aromatic rings. The molecule has 3 aromatic carbocycles. The molecule has 0 atom stereocenters. The lowest BCUT2D eigenvalue weighted by Gasteiger charge is -1.99. The van der Waals surface area contributed by atoms with Crippen molar-refractivity contribution in [3.63, 3.8) is 0 Å². The molecule has 4 rings (SSSR count). The summed E-state index contributed by atoms with van der Waals surface area (Å²) in [5, 5.41) is 32.3. The highest BCUT2D eigenvalue weighted by Crippen LogP contribution is 2.33.